The highest BCUT2D eigenvalue weighted by molar-refractivity contribution is 5.96. The Morgan fingerprint density at radius 2 is 1.89 bits per heavy atom. The molecule has 0 heterocycles. The van der Waals surface area contributed by atoms with E-state index in [-0.39, 0.29) is 5.78 Å². The molecule has 4 heteroatoms. The molecule has 0 aliphatic rings. The first-order chi connectivity index (χ1) is 9.27. The number of ether oxygens (including phenoxy) is 2. The van der Waals surface area contributed by atoms with Gasteiger partial charge in [-0.15, -0.1) is 0 Å². The maximum atomic E-state index is 11.5. The van der Waals surface area contributed by atoms with Crippen LogP contribution in [-0.2, 0) is 9.47 Å². The Bertz CT molecular complexity index is 362. The van der Waals surface area contributed by atoms with E-state index in [1.807, 2.05) is 31.2 Å². The number of rotatable bonds is 10. The summed E-state index contributed by atoms with van der Waals surface area (Å²) in [7, 11) is 1.66. The van der Waals surface area contributed by atoms with Gasteiger partial charge in [-0.3, -0.25) is 4.79 Å². The summed E-state index contributed by atoms with van der Waals surface area (Å²) in [5.41, 5.74) is 1.81. The summed E-state index contributed by atoms with van der Waals surface area (Å²) in [6.45, 7) is 4.74. The molecule has 0 radical (unpaired) electrons. The monoisotopic (exact) mass is 265 g/mol. The van der Waals surface area contributed by atoms with Gasteiger partial charge in [-0.1, -0.05) is 6.92 Å². The van der Waals surface area contributed by atoms with E-state index in [4.69, 9.17) is 9.47 Å². The maximum Gasteiger partial charge on any atom is 0.162 e. The SMILES string of the molecule is CCC(=O)c1ccc(NCCCOCCOC)cc1. The van der Waals surface area contributed by atoms with E-state index in [0.717, 1.165) is 30.8 Å². The minimum Gasteiger partial charge on any atom is -0.385 e. The van der Waals surface area contributed by atoms with E-state index in [1.165, 1.54) is 0 Å². The summed E-state index contributed by atoms with van der Waals surface area (Å²) < 4.78 is 10.3. The van der Waals surface area contributed by atoms with Crippen LogP contribution in [0.15, 0.2) is 24.3 Å². The zero-order chi connectivity index (χ0) is 13.9. The van der Waals surface area contributed by atoms with Crippen molar-refractivity contribution in [2.24, 2.45) is 0 Å². The van der Waals surface area contributed by atoms with Gasteiger partial charge in [0.2, 0.25) is 0 Å². The maximum absolute atomic E-state index is 11.5. The number of anilines is 1. The fraction of sp³-hybridized carbons (Fsp3) is 0.533. The van der Waals surface area contributed by atoms with Gasteiger partial charge in [-0.05, 0) is 30.7 Å². The van der Waals surface area contributed by atoms with Crippen LogP contribution in [-0.4, -0.2) is 39.3 Å². The Kier molecular flexibility index (Phi) is 7.86. The van der Waals surface area contributed by atoms with Crippen LogP contribution in [0.25, 0.3) is 0 Å². The van der Waals surface area contributed by atoms with Gasteiger partial charge in [0.15, 0.2) is 5.78 Å². The van der Waals surface area contributed by atoms with E-state index in [1.54, 1.807) is 7.11 Å². The molecule has 1 aromatic rings. The summed E-state index contributed by atoms with van der Waals surface area (Å²) in [6, 6.07) is 7.61. The lowest BCUT2D eigenvalue weighted by Gasteiger charge is -2.07. The molecule has 4 nitrogen and oxygen atoms in total. The largest absolute Gasteiger partial charge is 0.385 e. The lowest BCUT2D eigenvalue weighted by Crippen LogP contribution is -2.08. The Labute approximate surface area is 115 Å². The van der Waals surface area contributed by atoms with Crippen molar-refractivity contribution in [1.29, 1.82) is 0 Å². The molecule has 1 aromatic carbocycles. The lowest BCUT2D eigenvalue weighted by atomic mass is 10.1. The fourth-order valence-corrected chi connectivity index (χ4v) is 1.63. The molecule has 0 bridgehead atoms. The van der Waals surface area contributed by atoms with Gasteiger partial charge < -0.3 is 14.8 Å². The highest BCUT2D eigenvalue weighted by Crippen LogP contribution is 2.11. The number of carbonyl (C=O) groups excluding carboxylic acids is 1. The third-order valence-corrected chi connectivity index (χ3v) is 2.75. The molecular weight excluding hydrogens is 242 g/mol. The summed E-state index contributed by atoms with van der Waals surface area (Å²) in [5.74, 6) is 0.179. The van der Waals surface area contributed by atoms with Gasteiger partial charge in [0.05, 0.1) is 13.2 Å². The van der Waals surface area contributed by atoms with Crippen molar-refractivity contribution >= 4 is 11.5 Å². The smallest absolute Gasteiger partial charge is 0.162 e. The third kappa shape index (κ3) is 6.36. The summed E-state index contributed by atoms with van der Waals surface area (Å²) in [5, 5.41) is 3.30. The second kappa shape index (κ2) is 9.53. The second-order valence-corrected chi connectivity index (χ2v) is 4.24. The molecule has 0 aliphatic heterocycles. The minimum atomic E-state index is 0.179. The summed E-state index contributed by atoms with van der Waals surface area (Å²) >= 11 is 0. The number of ketones is 1. The topological polar surface area (TPSA) is 47.6 Å². The van der Waals surface area contributed by atoms with E-state index in [9.17, 15) is 4.79 Å². The molecule has 0 fully saturated rings. The molecule has 0 saturated heterocycles. The molecule has 1 N–H and O–H groups in total. The highest BCUT2D eigenvalue weighted by Gasteiger charge is 2.01. The number of Topliss-reactive ketones (excluding diaryl/α,β-unsaturated/α-hetero) is 1. The van der Waals surface area contributed by atoms with Crippen LogP contribution in [0.5, 0.6) is 0 Å². The number of carbonyl (C=O) groups is 1. The lowest BCUT2D eigenvalue weighted by molar-refractivity contribution is 0.0705. The number of benzene rings is 1. The Morgan fingerprint density at radius 3 is 2.53 bits per heavy atom. The molecule has 0 saturated carbocycles. The number of methoxy groups -OCH3 is 1. The summed E-state index contributed by atoms with van der Waals surface area (Å²) in [6.07, 6.45) is 1.49. The van der Waals surface area contributed by atoms with Gasteiger partial charge in [-0.25, -0.2) is 0 Å². The molecule has 0 unspecified atom stereocenters. The first kappa shape index (κ1) is 15.7. The molecule has 0 amide bonds. The molecule has 0 spiro atoms. The Morgan fingerprint density at radius 1 is 1.16 bits per heavy atom. The van der Waals surface area contributed by atoms with Crippen molar-refractivity contribution in [3.05, 3.63) is 29.8 Å². The highest BCUT2D eigenvalue weighted by atomic mass is 16.5. The van der Waals surface area contributed by atoms with Crippen molar-refractivity contribution in [3.63, 3.8) is 0 Å². The van der Waals surface area contributed by atoms with Crippen LogP contribution in [0.3, 0.4) is 0 Å². The average molecular weight is 265 g/mol. The zero-order valence-electron chi connectivity index (χ0n) is 11.8. The number of hydrogen-bond acceptors (Lipinski definition) is 4. The van der Waals surface area contributed by atoms with Gasteiger partial charge in [0.25, 0.3) is 0 Å². The second-order valence-electron chi connectivity index (χ2n) is 4.24. The fourth-order valence-electron chi connectivity index (χ4n) is 1.63. The van der Waals surface area contributed by atoms with Crippen LogP contribution in [0, 0.1) is 0 Å². The first-order valence-corrected chi connectivity index (χ1v) is 6.71. The number of nitrogens with one attached hydrogen (secondary N) is 1. The van der Waals surface area contributed by atoms with E-state index < -0.39 is 0 Å². The van der Waals surface area contributed by atoms with Crippen molar-refractivity contribution in [2.75, 3.05) is 38.8 Å². The average Bonchev–Trinajstić information content (AvgIpc) is 2.46. The van der Waals surface area contributed by atoms with Crippen LogP contribution < -0.4 is 5.32 Å². The van der Waals surface area contributed by atoms with Crippen molar-refractivity contribution < 1.29 is 14.3 Å². The van der Waals surface area contributed by atoms with Crippen LogP contribution >= 0.6 is 0 Å². The summed E-state index contributed by atoms with van der Waals surface area (Å²) in [4.78, 5) is 11.5. The van der Waals surface area contributed by atoms with Gasteiger partial charge in [-0.2, -0.15) is 0 Å². The Balaban J connectivity index is 2.18. The molecule has 0 atom stereocenters. The van der Waals surface area contributed by atoms with Crippen molar-refractivity contribution in [1.82, 2.24) is 0 Å². The van der Waals surface area contributed by atoms with Crippen LogP contribution in [0.1, 0.15) is 30.1 Å². The predicted octanol–water partition coefficient (Wildman–Crippen LogP) is 2.74. The quantitative estimate of drug-likeness (QED) is 0.522. The normalized spacial score (nSPS) is 10.4. The number of hydrogen-bond donors (Lipinski definition) is 1. The van der Waals surface area contributed by atoms with E-state index >= 15 is 0 Å². The van der Waals surface area contributed by atoms with E-state index in [2.05, 4.69) is 5.32 Å². The van der Waals surface area contributed by atoms with Gasteiger partial charge in [0.1, 0.15) is 0 Å². The molecule has 1 rings (SSSR count). The molecule has 19 heavy (non-hydrogen) atoms. The molecular formula is C15H23NO3. The van der Waals surface area contributed by atoms with Crippen molar-refractivity contribution in [3.8, 4) is 0 Å². The van der Waals surface area contributed by atoms with Gasteiger partial charge in [0, 0.05) is 37.9 Å². The third-order valence-electron chi connectivity index (χ3n) is 2.75. The zero-order valence-corrected chi connectivity index (χ0v) is 11.8. The predicted molar refractivity (Wildman–Crippen MR) is 76.9 cm³/mol. The minimum absolute atomic E-state index is 0.179. The van der Waals surface area contributed by atoms with Crippen molar-refractivity contribution in [2.45, 2.75) is 19.8 Å². The molecule has 106 valence electrons. The van der Waals surface area contributed by atoms with Crippen LogP contribution in [0.4, 0.5) is 5.69 Å². The van der Waals surface area contributed by atoms with E-state index in [0.29, 0.717) is 19.6 Å². The van der Waals surface area contributed by atoms with Gasteiger partial charge >= 0.3 is 0 Å². The van der Waals surface area contributed by atoms with Crippen LogP contribution in [0.2, 0.25) is 0 Å². The molecule has 0 aromatic heterocycles. The Hall–Kier alpha value is -1.39. The molecule has 0 aliphatic carbocycles. The standard InChI is InChI=1S/C15H23NO3/c1-3-15(17)13-5-7-14(8-6-13)16-9-4-10-19-12-11-18-2/h5-8,16H,3-4,9-12H2,1-2H3. The first-order valence-electron chi connectivity index (χ1n) is 6.71.